The molecule has 0 aliphatic carbocycles. The molecule has 0 spiro atoms. The Kier molecular flexibility index (Phi) is 5.33. The van der Waals surface area contributed by atoms with Crippen molar-refractivity contribution in [2.75, 3.05) is 0 Å². The van der Waals surface area contributed by atoms with Crippen molar-refractivity contribution in [3.63, 3.8) is 0 Å². The van der Waals surface area contributed by atoms with Gasteiger partial charge in [-0.2, -0.15) is 21.6 Å². The Morgan fingerprint density at radius 2 is 1.68 bits per heavy atom. The summed E-state index contributed by atoms with van der Waals surface area (Å²) >= 11 is 0. The van der Waals surface area contributed by atoms with Gasteiger partial charge < -0.3 is 4.18 Å². The van der Waals surface area contributed by atoms with E-state index in [0.29, 0.717) is 23.1 Å². The minimum absolute atomic E-state index is 0.268. The summed E-state index contributed by atoms with van der Waals surface area (Å²) in [6, 6.07) is 3.09. The van der Waals surface area contributed by atoms with Gasteiger partial charge in [-0.25, -0.2) is 0 Å². The first kappa shape index (κ1) is 18.5. The van der Waals surface area contributed by atoms with Crippen molar-refractivity contribution in [2.45, 2.75) is 46.5 Å². The molecule has 7 heteroatoms. The second-order valence-corrected chi connectivity index (χ2v) is 7.04. The van der Waals surface area contributed by atoms with E-state index in [2.05, 4.69) is 4.18 Å². The molecule has 0 aliphatic rings. The number of hydrogen-bond acceptors (Lipinski definition) is 3. The Hall–Kier alpha value is -1.50. The largest absolute Gasteiger partial charge is 0.534 e. The molecule has 0 bridgehead atoms. The summed E-state index contributed by atoms with van der Waals surface area (Å²) in [6.07, 6.45) is 0.331. The zero-order valence-corrected chi connectivity index (χ0v) is 13.9. The SMILES string of the molecule is CC(C)=C(C)Cc1c(C)cc(C)cc1OS(=O)(=O)C(F)(F)F. The van der Waals surface area contributed by atoms with Crippen molar-refractivity contribution >= 4 is 10.1 Å². The number of alkyl halides is 3. The lowest BCUT2D eigenvalue weighted by Gasteiger charge is -2.16. The summed E-state index contributed by atoms with van der Waals surface area (Å²) in [4.78, 5) is 0. The molecule has 124 valence electrons. The van der Waals surface area contributed by atoms with Gasteiger partial charge in [0.15, 0.2) is 0 Å². The third-order valence-electron chi connectivity index (χ3n) is 3.35. The molecule has 0 saturated heterocycles. The Morgan fingerprint density at radius 1 is 1.14 bits per heavy atom. The van der Waals surface area contributed by atoms with Gasteiger partial charge in [0.05, 0.1) is 0 Å². The molecule has 1 rings (SSSR count). The number of rotatable bonds is 4. The van der Waals surface area contributed by atoms with Crippen LogP contribution in [0.3, 0.4) is 0 Å². The zero-order chi connectivity index (χ0) is 17.3. The molecule has 0 atom stereocenters. The maximum atomic E-state index is 12.5. The van der Waals surface area contributed by atoms with Gasteiger partial charge in [-0.3, -0.25) is 0 Å². The number of allylic oxidation sites excluding steroid dienone is 2. The van der Waals surface area contributed by atoms with Gasteiger partial charge in [0.2, 0.25) is 0 Å². The van der Waals surface area contributed by atoms with Crippen molar-refractivity contribution in [1.29, 1.82) is 0 Å². The van der Waals surface area contributed by atoms with E-state index in [1.807, 2.05) is 20.8 Å². The van der Waals surface area contributed by atoms with Crippen LogP contribution in [0.5, 0.6) is 5.75 Å². The third-order valence-corrected chi connectivity index (χ3v) is 4.32. The highest BCUT2D eigenvalue weighted by Gasteiger charge is 2.48. The van der Waals surface area contributed by atoms with Crippen LogP contribution in [0.4, 0.5) is 13.2 Å². The van der Waals surface area contributed by atoms with E-state index in [9.17, 15) is 21.6 Å². The lowest BCUT2D eigenvalue weighted by Crippen LogP contribution is -2.28. The van der Waals surface area contributed by atoms with Crippen LogP contribution in [0, 0.1) is 13.8 Å². The molecule has 1 aromatic carbocycles. The van der Waals surface area contributed by atoms with E-state index in [-0.39, 0.29) is 5.75 Å². The quantitative estimate of drug-likeness (QED) is 0.464. The van der Waals surface area contributed by atoms with E-state index < -0.39 is 15.6 Å². The predicted octanol–water partition coefficient (Wildman–Crippen LogP) is 4.43. The van der Waals surface area contributed by atoms with Gasteiger partial charge in [-0.1, -0.05) is 17.2 Å². The molecule has 0 aromatic heterocycles. The van der Waals surface area contributed by atoms with Crippen molar-refractivity contribution < 1.29 is 25.8 Å². The molecular formula is C15H19F3O3S. The van der Waals surface area contributed by atoms with Gasteiger partial charge in [-0.15, -0.1) is 0 Å². The van der Waals surface area contributed by atoms with E-state index in [1.54, 1.807) is 19.9 Å². The number of benzene rings is 1. The second kappa shape index (κ2) is 6.32. The summed E-state index contributed by atoms with van der Waals surface area (Å²) in [5.41, 5.74) is -1.73. The Morgan fingerprint density at radius 3 is 2.14 bits per heavy atom. The molecule has 0 unspecified atom stereocenters. The number of halogens is 3. The monoisotopic (exact) mass is 336 g/mol. The summed E-state index contributed by atoms with van der Waals surface area (Å²) in [7, 11) is -5.68. The normalized spacial score (nSPS) is 12.2. The van der Waals surface area contributed by atoms with Crippen molar-refractivity contribution in [3.05, 3.63) is 40.0 Å². The molecule has 0 amide bonds. The smallest absolute Gasteiger partial charge is 0.376 e. The van der Waals surface area contributed by atoms with Crippen LogP contribution in [0.25, 0.3) is 0 Å². The van der Waals surface area contributed by atoms with Crippen LogP contribution in [-0.4, -0.2) is 13.9 Å². The summed E-state index contributed by atoms with van der Waals surface area (Å²) in [6.45, 7) is 8.99. The number of aryl methyl sites for hydroxylation is 2. The van der Waals surface area contributed by atoms with Crippen molar-refractivity contribution in [2.24, 2.45) is 0 Å². The predicted molar refractivity (Wildman–Crippen MR) is 79.3 cm³/mol. The van der Waals surface area contributed by atoms with Crippen LogP contribution in [0.2, 0.25) is 0 Å². The van der Waals surface area contributed by atoms with Crippen molar-refractivity contribution in [3.8, 4) is 5.75 Å². The van der Waals surface area contributed by atoms with Crippen molar-refractivity contribution in [1.82, 2.24) is 0 Å². The lowest BCUT2D eigenvalue weighted by atomic mass is 9.96. The Bertz CT molecular complexity index is 697. The van der Waals surface area contributed by atoms with Crippen LogP contribution >= 0.6 is 0 Å². The first-order chi connectivity index (χ1) is 9.85. The van der Waals surface area contributed by atoms with Gasteiger partial charge in [0, 0.05) is 5.56 Å². The van der Waals surface area contributed by atoms with E-state index in [0.717, 1.165) is 11.1 Å². The van der Waals surface area contributed by atoms with Crippen LogP contribution in [0.15, 0.2) is 23.3 Å². The Labute approximate surface area is 128 Å². The fourth-order valence-electron chi connectivity index (χ4n) is 1.87. The van der Waals surface area contributed by atoms with Gasteiger partial charge in [0.25, 0.3) is 0 Å². The number of hydrogen-bond donors (Lipinski definition) is 0. The van der Waals surface area contributed by atoms with Crippen LogP contribution in [0.1, 0.15) is 37.5 Å². The molecule has 3 nitrogen and oxygen atoms in total. The minimum atomic E-state index is -5.68. The molecule has 0 saturated carbocycles. The average Bonchev–Trinajstić information content (AvgIpc) is 2.31. The van der Waals surface area contributed by atoms with E-state index >= 15 is 0 Å². The first-order valence-corrected chi connectivity index (χ1v) is 8.00. The molecule has 0 radical (unpaired) electrons. The fourth-order valence-corrected chi connectivity index (χ4v) is 2.35. The second-order valence-electron chi connectivity index (χ2n) is 5.50. The molecule has 0 aliphatic heterocycles. The molecular weight excluding hydrogens is 317 g/mol. The molecule has 0 N–H and O–H groups in total. The molecule has 0 fully saturated rings. The first-order valence-electron chi connectivity index (χ1n) is 6.59. The van der Waals surface area contributed by atoms with Gasteiger partial charge >= 0.3 is 15.6 Å². The molecule has 0 heterocycles. The molecule has 1 aromatic rings. The summed E-state index contributed by atoms with van der Waals surface area (Å²) in [5.74, 6) is -0.268. The Balaban J connectivity index is 3.39. The van der Waals surface area contributed by atoms with E-state index in [1.165, 1.54) is 6.07 Å². The minimum Gasteiger partial charge on any atom is -0.376 e. The summed E-state index contributed by atoms with van der Waals surface area (Å²) < 4.78 is 64.4. The summed E-state index contributed by atoms with van der Waals surface area (Å²) in [5, 5.41) is 0. The lowest BCUT2D eigenvalue weighted by molar-refractivity contribution is -0.0500. The third kappa shape index (κ3) is 4.25. The maximum Gasteiger partial charge on any atom is 0.534 e. The zero-order valence-electron chi connectivity index (χ0n) is 13.1. The highest BCUT2D eigenvalue weighted by Crippen LogP contribution is 2.32. The van der Waals surface area contributed by atoms with Crippen LogP contribution in [-0.2, 0) is 16.5 Å². The van der Waals surface area contributed by atoms with Gasteiger partial charge in [0.1, 0.15) is 5.75 Å². The van der Waals surface area contributed by atoms with Crippen LogP contribution < -0.4 is 4.18 Å². The van der Waals surface area contributed by atoms with E-state index in [4.69, 9.17) is 0 Å². The highest BCUT2D eigenvalue weighted by molar-refractivity contribution is 7.88. The van der Waals surface area contributed by atoms with Gasteiger partial charge in [-0.05, 0) is 58.2 Å². The molecule has 22 heavy (non-hydrogen) atoms. The maximum absolute atomic E-state index is 12.5. The highest BCUT2D eigenvalue weighted by atomic mass is 32.2. The fraction of sp³-hybridized carbons (Fsp3) is 0.467. The topological polar surface area (TPSA) is 43.4 Å². The average molecular weight is 336 g/mol. The standard InChI is InChI=1S/C15H19F3O3S/c1-9(2)11(4)8-13-12(5)6-10(3)7-14(13)21-22(19,20)15(16,17)18/h6-7H,8H2,1-5H3.